The second-order valence-corrected chi connectivity index (χ2v) is 5.54. The Hall–Kier alpha value is -3.30. The van der Waals surface area contributed by atoms with Gasteiger partial charge in [-0.2, -0.15) is 18.2 Å². The van der Waals surface area contributed by atoms with E-state index in [0.717, 1.165) is 18.3 Å². The lowest BCUT2D eigenvalue weighted by molar-refractivity contribution is -0.136. The zero-order valence-electron chi connectivity index (χ0n) is 14.2. The second-order valence-electron chi connectivity index (χ2n) is 5.54. The van der Waals surface area contributed by atoms with Crippen LogP contribution in [0.2, 0.25) is 0 Å². The smallest absolute Gasteiger partial charge is 0.345 e. The summed E-state index contributed by atoms with van der Waals surface area (Å²) in [4.78, 5) is 16.1. The number of carbonyl (C=O) groups is 1. The number of halogens is 3. The third-order valence-corrected chi connectivity index (χ3v) is 3.75. The number of anilines is 1. The number of rotatable bonds is 5. The molecule has 0 fully saturated rings. The summed E-state index contributed by atoms with van der Waals surface area (Å²) in [5.41, 5.74) is -0.508. The van der Waals surface area contributed by atoms with E-state index < -0.39 is 17.8 Å². The van der Waals surface area contributed by atoms with Gasteiger partial charge < -0.3 is 19.7 Å². The van der Waals surface area contributed by atoms with Crippen LogP contribution in [0.15, 0.2) is 47.1 Å². The van der Waals surface area contributed by atoms with E-state index in [1.54, 1.807) is 0 Å². The Balaban J connectivity index is 1.63. The Morgan fingerprint density at radius 3 is 2.74 bits per heavy atom. The van der Waals surface area contributed by atoms with Crippen molar-refractivity contribution in [3.63, 3.8) is 0 Å². The van der Waals surface area contributed by atoms with Crippen molar-refractivity contribution >= 4 is 11.7 Å². The predicted octanol–water partition coefficient (Wildman–Crippen LogP) is 3.90. The number of hydrogen-bond acceptors (Lipinski definition) is 4. The van der Waals surface area contributed by atoms with Crippen LogP contribution in [-0.4, -0.2) is 20.7 Å². The molecule has 0 saturated carbocycles. The van der Waals surface area contributed by atoms with Gasteiger partial charge in [0.25, 0.3) is 0 Å². The van der Waals surface area contributed by atoms with Crippen LogP contribution in [0.3, 0.4) is 0 Å². The number of aromatic nitrogens is 3. The molecule has 0 aliphatic heterocycles. The first-order chi connectivity index (χ1) is 12.9. The standard InChI is InChI=1S/C17H16F3N5O2/c1-2-25-9-5-8-13(25)15-23-14(27-24-15)10-21-16(26)22-12-7-4-3-6-11(12)17(18,19)20/h3-9H,2,10H2,1H3,(H2,21,22,26). The molecule has 7 nitrogen and oxygen atoms in total. The van der Waals surface area contributed by atoms with Crippen molar-refractivity contribution in [3.8, 4) is 11.5 Å². The van der Waals surface area contributed by atoms with Crippen LogP contribution in [0.25, 0.3) is 11.5 Å². The molecule has 2 N–H and O–H groups in total. The molecule has 0 bridgehead atoms. The fraction of sp³-hybridized carbons (Fsp3) is 0.235. The van der Waals surface area contributed by atoms with E-state index >= 15 is 0 Å². The van der Waals surface area contributed by atoms with Gasteiger partial charge in [0, 0.05) is 12.7 Å². The molecule has 0 aliphatic rings. The van der Waals surface area contributed by atoms with Gasteiger partial charge in [-0.25, -0.2) is 4.79 Å². The summed E-state index contributed by atoms with van der Waals surface area (Å²) in [6.45, 7) is 2.57. The molecule has 1 aromatic carbocycles. The van der Waals surface area contributed by atoms with E-state index in [1.807, 2.05) is 29.8 Å². The number of carbonyl (C=O) groups excluding carboxylic acids is 1. The number of nitrogens with zero attached hydrogens (tertiary/aromatic N) is 3. The van der Waals surface area contributed by atoms with Gasteiger partial charge in [0.2, 0.25) is 11.7 Å². The topological polar surface area (TPSA) is 85.0 Å². The van der Waals surface area contributed by atoms with Crippen molar-refractivity contribution in [2.75, 3.05) is 5.32 Å². The Kier molecular flexibility index (Phi) is 5.15. The molecule has 3 rings (SSSR count). The lowest BCUT2D eigenvalue weighted by atomic mass is 10.1. The van der Waals surface area contributed by atoms with E-state index in [-0.39, 0.29) is 18.1 Å². The molecule has 10 heteroatoms. The molecule has 0 aliphatic carbocycles. The zero-order chi connectivity index (χ0) is 19.4. The van der Waals surface area contributed by atoms with Crippen LogP contribution >= 0.6 is 0 Å². The molecule has 0 radical (unpaired) electrons. The molecule has 3 aromatic rings. The highest BCUT2D eigenvalue weighted by atomic mass is 19.4. The van der Waals surface area contributed by atoms with E-state index in [1.165, 1.54) is 18.2 Å². The summed E-state index contributed by atoms with van der Waals surface area (Å²) in [7, 11) is 0. The van der Waals surface area contributed by atoms with Gasteiger partial charge in [-0.15, -0.1) is 0 Å². The molecular weight excluding hydrogens is 363 g/mol. The lowest BCUT2D eigenvalue weighted by Crippen LogP contribution is -2.29. The van der Waals surface area contributed by atoms with Crippen LogP contribution in [0.4, 0.5) is 23.7 Å². The maximum atomic E-state index is 12.9. The fourth-order valence-corrected chi connectivity index (χ4v) is 2.49. The summed E-state index contributed by atoms with van der Waals surface area (Å²) in [6, 6.07) is 7.57. The first-order valence-corrected chi connectivity index (χ1v) is 8.07. The number of urea groups is 1. The Morgan fingerprint density at radius 1 is 1.22 bits per heavy atom. The minimum absolute atomic E-state index is 0.125. The van der Waals surface area contributed by atoms with Gasteiger partial charge >= 0.3 is 12.2 Å². The molecular formula is C17H16F3N5O2. The zero-order valence-corrected chi connectivity index (χ0v) is 14.2. The average molecular weight is 379 g/mol. The van der Waals surface area contributed by atoms with Crippen molar-refractivity contribution in [2.45, 2.75) is 26.2 Å². The van der Waals surface area contributed by atoms with Crippen LogP contribution < -0.4 is 10.6 Å². The van der Waals surface area contributed by atoms with Crippen LogP contribution in [0, 0.1) is 0 Å². The van der Waals surface area contributed by atoms with E-state index in [0.29, 0.717) is 5.82 Å². The largest absolute Gasteiger partial charge is 0.418 e. The van der Waals surface area contributed by atoms with Gasteiger partial charge in [-0.1, -0.05) is 17.3 Å². The highest BCUT2D eigenvalue weighted by Gasteiger charge is 2.33. The van der Waals surface area contributed by atoms with Gasteiger partial charge in [-0.3, -0.25) is 0 Å². The van der Waals surface area contributed by atoms with Gasteiger partial charge in [0.05, 0.1) is 23.5 Å². The number of alkyl halides is 3. The van der Waals surface area contributed by atoms with Crippen molar-refractivity contribution in [1.29, 1.82) is 0 Å². The molecule has 142 valence electrons. The highest BCUT2D eigenvalue weighted by molar-refractivity contribution is 5.90. The van der Waals surface area contributed by atoms with Crippen molar-refractivity contribution < 1.29 is 22.5 Å². The Morgan fingerprint density at radius 2 is 2.00 bits per heavy atom. The maximum absolute atomic E-state index is 12.9. The molecule has 0 unspecified atom stereocenters. The summed E-state index contributed by atoms with van der Waals surface area (Å²) in [6.07, 6.45) is -2.70. The summed E-state index contributed by atoms with van der Waals surface area (Å²) < 4.78 is 45.8. The van der Waals surface area contributed by atoms with Crippen LogP contribution in [0.5, 0.6) is 0 Å². The number of aryl methyl sites for hydroxylation is 1. The van der Waals surface area contributed by atoms with Crippen molar-refractivity contribution in [1.82, 2.24) is 20.0 Å². The van der Waals surface area contributed by atoms with E-state index in [9.17, 15) is 18.0 Å². The summed E-state index contributed by atoms with van der Waals surface area (Å²) in [5, 5.41) is 8.42. The number of para-hydroxylation sites is 1. The summed E-state index contributed by atoms with van der Waals surface area (Å²) in [5.74, 6) is 0.495. The van der Waals surface area contributed by atoms with Crippen molar-refractivity contribution in [3.05, 3.63) is 54.0 Å². The number of hydrogen-bond donors (Lipinski definition) is 2. The first kappa shape index (κ1) is 18.5. The molecule has 0 atom stereocenters. The Labute approximate surface area is 152 Å². The SMILES string of the molecule is CCn1cccc1-c1noc(CNC(=O)Nc2ccccc2C(F)(F)F)n1. The van der Waals surface area contributed by atoms with Gasteiger partial charge in [0.1, 0.15) is 0 Å². The van der Waals surface area contributed by atoms with E-state index in [2.05, 4.69) is 20.8 Å². The quantitative estimate of drug-likeness (QED) is 0.704. The molecule has 2 amide bonds. The first-order valence-electron chi connectivity index (χ1n) is 8.07. The minimum atomic E-state index is -4.57. The number of amides is 2. The minimum Gasteiger partial charge on any atom is -0.345 e. The monoisotopic (exact) mass is 379 g/mol. The predicted molar refractivity (Wildman–Crippen MR) is 90.7 cm³/mol. The van der Waals surface area contributed by atoms with Crippen LogP contribution in [0.1, 0.15) is 18.4 Å². The van der Waals surface area contributed by atoms with Gasteiger partial charge in [0.15, 0.2) is 0 Å². The number of nitrogens with one attached hydrogen (secondary N) is 2. The van der Waals surface area contributed by atoms with Crippen molar-refractivity contribution in [2.24, 2.45) is 0 Å². The third-order valence-electron chi connectivity index (χ3n) is 3.75. The summed E-state index contributed by atoms with van der Waals surface area (Å²) >= 11 is 0. The number of benzene rings is 1. The molecule has 2 heterocycles. The van der Waals surface area contributed by atoms with E-state index in [4.69, 9.17) is 4.52 Å². The second kappa shape index (κ2) is 7.52. The molecule has 0 saturated heterocycles. The normalized spacial score (nSPS) is 11.4. The van der Waals surface area contributed by atoms with Crippen LogP contribution in [-0.2, 0) is 19.3 Å². The Bertz CT molecular complexity index is 933. The third kappa shape index (κ3) is 4.27. The molecule has 2 aromatic heterocycles. The molecule has 0 spiro atoms. The van der Waals surface area contributed by atoms with Gasteiger partial charge in [-0.05, 0) is 31.2 Å². The average Bonchev–Trinajstić information content (AvgIpc) is 3.28. The molecule has 27 heavy (non-hydrogen) atoms. The maximum Gasteiger partial charge on any atom is 0.418 e. The fourth-order valence-electron chi connectivity index (χ4n) is 2.49. The highest BCUT2D eigenvalue weighted by Crippen LogP contribution is 2.34. The lowest BCUT2D eigenvalue weighted by Gasteiger charge is -2.13.